The lowest BCUT2D eigenvalue weighted by Gasteiger charge is -2.14. The number of nitrogens with one attached hydrogen (secondary N) is 1. The molecule has 0 unspecified atom stereocenters. The summed E-state index contributed by atoms with van der Waals surface area (Å²) in [5.41, 5.74) is 2.82. The molecule has 0 aromatic heterocycles. The van der Waals surface area contributed by atoms with Crippen molar-refractivity contribution in [2.24, 2.45) is 0 Å². The lowest BCUT2D eigenvalue weighted by molar-refractivity contribution is 0.817. The second-order valence-corrected chi connectivity index (χ2v) is 3.39. The summed E-state index contributed by atoms with van der Waals surface area (Å²) in [6.07, 6.45) is 0. The largest absolute Gasteiger partial charge is 0.377 e. The van der Waals surface area contributed by atoms with Gasteiger partial charge in [0.25, 0.3) is 0 Å². The van der Waals surface area contributed by atoms with E-state index in [0.717, 1.165) is 23.4 Å². The zero-order valence-corrected chi connectivity index (χ0v) is 8.83. The van der Waals surface area contributed by atoms with Crippen molar-refractivity contribution in [2.45, 2.75) is 6.54 Å². The van der Waals surface area contributed by atoms with Crippen LogP contribution in [-0.4, -0.2) is 21.1 Å². The maximum absolute atomic E-state index is 8.96. The van der Waals surface area contributed by atoms with Crippen molar-refractivity contribution < 1.29 is 0 Å². The average Bonchev–Trinajstić information content (AvgIpc) is 2.17. The van der Waals surface area contributed by atoms with Gasteiger partial charge in [0.15, 0.2) is 0 Å². The van der Waals surface area contributed by atoms with Crippen LogP contribution in [0.4, 0.5) is 5.69 Å². The Morgan fingerprint density at radius 2 is 2.14 bits per heavy atom. The van der Waals surface area contributed by atoms with E-state index in [0.29, 0.717) is 0 Å². The molecule has 1 aromatic carbocycles. The SMILES string of the molecule is CNCc1ccc(N(C)C)c(C#N)c1. The van der Waals surface area contributed by atoms with Crippen LogP contribution in [-0.2, 0) is 6.54 Å². The number of nitriles is 1. The predicted octanol–water partition coefficient (Wildman–Crippen LogP) is 1.34. The molecule has 3 nitrogen and oxygen atoms in total. The summed E-state index contributed by atoms with van der Waals surface area (Å²) in [5, 5.41) is 12.0. The molecule has 74 valence electrons. The molecular weight excluding hydrogens is 174 g/mol. The van der Waals surface area contributed by atoms with Gasteiger partial charge in [0, 0.05) is 20.6 Å². The van der Waals surface area contributed by atoms with E-state index in [1.54, 1.807) is 0 Å². The molecule has 1 aromatic rings. The molecule has 0 aliphatic carbocycles. The van der Waals surface area contributed by atoms with Crippen LogP contribution in [0.5, 0.6) is 0 Å². The molecular formula is C11H15N3. The molecule has 1 rings (SSSR count). The van der Waals surface area contributed by atoms with Crippen molar-refractivity contribution >= 4 is 5.69 Å². The Kier molecular flexibility index (Phi) is 3.49. The molecule has 0 aliphatic heterocycles. The maximum atomic E-state index is 8.96. The van der Waals surface area contributed by atoms with Gasteiger partial charge >= 0.3 is 0 Å². The molecule has 0 radical (unpaired) electrons. The van der Waals surface area contributed by atoms with Gasteiger partial charge in [-0.25, -0.2) is 0 Å². The number of hydrogen-bond donors (Lipinski definition) is 1. The van der Waals surface area contributed by atoms with Crippen LogP contribution < -0.4 is 10.2 Å². The van der Waals surface area contributed by atoms with Gasteiger partial charge in [0.1, 0.15) is 6.07 Å². The molecule has 3 heteroatoms. The highest BCUT2D eigenvalue weighted by Gasteiger charge is 2.04. The average molecular weight is 189 g/mol. The van der Waals surface area contributed by atoms with Crippen LogP contribution in [0.2, 0.25) is 0 Å². The smallest absolute Gasteiger partial charge is 0.101 e. The molecule has 0 spiro atoms. The van der Waals surface area contributed by atoms with E-state index >= 15 is 0 Å². The van der Waals surface area contributed by atoms with E-state index in [4.69, 9.17) is 5.26 Å². The second-order valence-electron chi connectivity index (χ2n) is 3.39. The molecule has 0 saturated carbocycles. The Hall–Kier alpha value is -1.53. The highest BCUT2D eigenvalue weighted by molar-refractivity contribution is 5.59. The molecule has 0 bridgehead atoms. The number of benzene rings is 1. The summed E-state index contributed by atoms with van der Waals surface area (Å²) in [6.45, 7) is 0.794. The summed E-state index contributed by atoms with van der Waals surface area (Å²) in [4.78, 5) is 1.95. The summed E-state index contributed by atoms with van der Waals surface area (Å²) in [7, 11) is 5.77. The van der Waals surface area contributed by atoms with E-state index in [2.05, 4.69) is 11.4 Å². The van der Waals surface area contributed by atoms with Gasteiger partial charge in [-0.3, -0.25) is 0 Å². The summed E-state index contributed by atoms with van der Waals surface area (Å²) in [5.74, 6) is 0. The first-order chi connectivity index (χ1) is 6.69. The van der Waals surface area contributed by atoms with Crippen LogP contribution in [0.3, 0.4) is 0 Å². The minimum Gasteiger partial charge on any atom is -0.377 e. The molecule has 0 atom stereocenters. The van der Waals surface area contributed by atoms with Gasteiger partial charge < -0.3 is 10.2 Å². The Morgan fingerprint density at radius 3 is 2.64 bits per heavy atom. The van der Waals surface area contributed by atoms with Crippen molar-refractivity contribution in [2.75, 3.05) is 26.0 Å². The maximum Gasteiger partial charge on any atom is 0.101 e. The van der Waals surface area contributed by atoms with Gasteiger partial charge in [-0.1, -0.05) is 6.07 Å². The van der Waals surface area contributed by atoms with Crippen molar-refractivity contribution in [3.63, 3.8) is 0 Å². The third-order valence-corrected chi connectivity index (χ3v) is 2.04. The van der Waals surface area contributed by atoms with Gasteiger partial charge in [-0.05, 0) is 24.7 Å². The quantitative estimate of drug-likeness (QED) is 0.780. The Bertz CT molecular complexity index is 350. The third-order valence-electron chi connectivity index (χ3n) is 2.04. The first-order valence-electron chi connectivity index (χ1n) is 4.54. The van der Waals surface area contributed by atoms with Crippen molar-refractivity contribution in [3.05, 3.63) is 29.3 Å². The highest BCUT2D eigenvalue weighted by Crippen LogP contribution is 2.18. The number of rotatable bonds is 3. The van der Waals surface area contributed by atoms with Gasteiger partial charge in [-0.2, -0.15) is 5.26 Å². The van der Waals surface area contributed by atoms with Gasteiger partial charge in [-0.15, -0.1) is 0 Å². The summed E-state index contributed by atoms with van der Waals surface area (Å²) < 4.78 is 0. The van der Waals surface area contributed by atoms with E-state index in [9.17, 15) is 0 Å². The van der Waals surface area contributed by atoms with Crippen LogP contribution in [0.25, 0.3) is 0 Å². The van der Waals surface area contributed by atoms with E-state index < -0.39 is 0 Å². The van der Waals surface area contributed by atoms with Crippen LogP contribution in [0.1, 0.15) is 11.1 Å². The molecule has 0 fully saturated rings. The van der Waals surface area contributed by atoms with Crippen molar-refractivity contribution in [1.29, 1.82) is 5.26 Å². The third kappa shape index (κ3) is 2.24. The standard InChI is InChI=1S/C11H15N3/c1-13-8-9-4-5-11(14(2)3)10(6-9)7-12/h4-6,13H,8H2,1-3H3. The van der Waals surface area contributed by atoms with Crippen molar-refractivity contribution in [3.8, 4) is 6.07 Å². The van der Waals surface area contributed by atoms with Crippen molar-refractivity contribution in [1.82, 2.24) is 5.32 Å². The summed E-state index contributed by atoms with van der Waals surface area (Å²) in [6, 6.07) is 8.14. The van der Waals surface area contributed by atoms with Crippen LogP contribution >= 0.6 is 0 Å². The molecule has 1 N–H and O–H groups in total. The number of hydrogen-bond acceptors (Lipinski definition) is 3. The molecule has 0 heterocycles. The Morgan fingerprint density at radius 1 is 1.43 bits per heavy atom. The summed E-state index contributed by atoms with van der Waals surface area (Å²) >= 11 is 0. The Labute approximate surface area is 85.0 Å². The molecule has 0 saturated heterocycles. The first kappa shape index (κ1) is 10.6. The zero-order valence-electron chi connectivity index (χ0n) is 8.83. The zero-order chi connectivity index (χ0) is 10.6. The van der Waals surface area contributed by atoms with Gasteiger partial charge in [0.2, 0.25) is 0 Å². The minimum atomic E-state index is 0.725. The van der Waals surface area contributed by atoms with E-state index in [1.165, 1.54) is 0 Å². The normalized spacial score (nSPS) is 9.57. The van der Waals surface area contributed by atoms with Gasteiger partial charge in [0.05, 0.1) is 11.3 Å². The molecule has 0 aliphatic rings. The lowest BCUT2D eigenvalue weighted by atomic mass is 10.1. The van der Waals surface area contributed by atoms with Crippen LogP contribution in [0, 0.1) is 11.3 Å². The minimum absolute atomic E-state index is 0.725. The fourth-order valence-corrected chi connectivity index (χ4v) is 1.38. The topological polar surface area (TPSA) is 39.1 Å². The number of nitrogens with zero attached hydrogens (tertiary/aromatic N) is 2. The Balaban J connectivity index is 3.07. The molecule has 0 amide bonds. The van der Waals surface area contributed by atoms with E-state index in [1.807, 2.05) is 44.2 Å². The van der Waals surface area contributed by atoms with Crippen LogP contribution in [0.15, 0.2) is 18.2 Å². The number of anilines is 1. The molecule has 14 heavy (non-hydrogen) atoms. The first-order valence-corrected chi connectivity index (χ1v) is 4.54. The van der Waals surface area contributed by atoms with E-state index in [-0.39, 0.29) is 0 Å². The fourth-order valence-electron chi connectivity index (χ4n) is 1.38. The highest BCUT2D eigenvalue weighted by atomic mass is 15.1. The predicted molar refractivity (Wildman–Crippen MR) is 58.2 cm³/mol. The second kappa shape index (κ2) is 4.64. The monoisotopic (exact) mass is 189 g/mol. The fraction of sp³-hybridized carbons (Fsp3) is 0.364. The lowest BCUT2D eigenvalue weighted by Crippen LogP contribution is -2.11.